The van der Waals surface area contributed by atoms with Gasteiger partial charge in [-0.25, -0.2) is 14.8 Å². The minimum atomic E-state index is -0.386. The SMILES string of the molecule is Cc1nc2ccc(C(=O)NCC3CN(c4cccs4)C(=O)O3)cc2nc1C. The van der Waals surface area contributed by atoms with Crippen molar-refractivity contribution < 1.29 is 14.3 Å². The van der Waals surface area contributed by atoms with Crippen LogP contribution in [0.4, 0.5) is 9.80 Å². The van der Waals surface area contributed by atoms with Crippen LogP contribution in [0.2, 0.25) is 0 Å². The van der Waals surface area contributed by atoms with Gasteiger partial charge in [0.2, 0.25) is 0 Å². The molecule has 1 aromatic carbocycles. The predicted octanol–water partition coefficient (Wildman–Crippen LogP) is 3.06. The van der Waals surface area contributed by atoms with Crippen molar-refractivity contribution in [2.45, 2.75) is 20.0 Å². The average molecular weight is 382 g/mol. The molecule has 3 heterocycles. The second-order valence-corrected chi connectivity index (χ2v) is 7.30. The number of hydrogen-bond donors (Lipinski definition) is 1. The number of nitrogens with zero attached hydrogens (tertiary/aromatic N) is 3. The van der Waals surface area contributed by atoms with E-state index in [9.17, 15) is 9.59 Å². The molecule has 8 heteroatoms. The zero-order valence-corrected chi connectivity index (χ0v) is 15.7. The van der Waals surface area contributed by atoms with E-state index in [-0.39, 0.29) is 24.6 Å². The second kappa shape index (κ2) is 6.96. The summed E-state index contributed by atoms with van der Waals surface area (Å²) in [5.74, 6) is -0.234. The number of thiophene rings is 1. The number of benzene rings is 1. The van der Waals surface area contributed by atoms with Crippen LogP contribution in [0.1, 0.15) is 21.7 Å². The number of fused-ring (bicyclic) bond motifs is 1. The van der Waals surface area contributed by atoms with Gasteiger partial charge in [-0.05, 0) is 49.6 Å². The van der Waals surface area contributed by atoms with E-state index in [2.05, 4.69) is 15.3 Å². The van der Waals surface area contributed by atoms with Gasteiger partial charge in [0.25, 0.3) is 5.91 Å². The first-order valence-corrected chi connectivity index (χ1v) is 9.44. The molecule has 0 aliphatic carbocycles. The van der Waals surface area contributed by atoms with Gasteiger partial charge in [0.15, 0.2) is 0 Å². The molecule has 0 bridgehead atoms. The molecule has 4 rings (SSSR count). The van der Waals surface area contributed by atoms with Gasteiger partial charge < -0.3 is 10.1 Å². The van der Waals surface area contributed by atoms with Gasteiger partial charge in [-0.1, -0.05) is 0 Å². The minimum absolute atomic E-state index is 0.234. The number of carbonyl (C=O) groups excluding carboxylic acids is 2. The average Bonchev–Trinajstić information content (AvgIpc) is 3.29. The lowest BCUT2D eigenvalue weighted by Gasteiger charge is -2.11. The lowest BCUT2D eigenvalue weighted by molar-refractivity contribution is 0.0916. The summed E-state index contributed by atoms with van der Waals surface area (Å²) in [7, 11) is 0. The fourth-order valence-electron chi connectivity index (χ4n) is 2.91. The second-order valence-electron chi connectivity index (χ2n) is 6.38. The highest BCUT2D eigenvalue weighted by atomic mass is 32.1. The Morgan fingerprint density at radius 3 is 2.78 bits per heavy atom. The quantitative estimate of drug-likeness (QED) is 0.750. The van der Waals surface area contributed by atoms with Gasteiger partial charge in [-0.15, -0.1) is 11.3 Å². The summed E-state index contributed by atoms with van der Waals surface area (Å²) >= 11 is 1.48. The monoisotopic (exact) mass is 382 g/mol. The highest BCUT2D eigenvalue weighted by molar-refractivity contribution is 7.14. The van der Waals surface area contributed by atoms with Crippen molar-refractivity contribution in [1.29, 1.82) is 0 Å². The van der Waals surface area contributed by atoms with Crippen LogP contribution in [-0.2, 0) is 4.74 Å². The first kappa shape index (κ1) is 17.4. The third kappa shape index (κ3) is 3.48. The third-order valence-corrected chi connectivity index (χ3v) is 5.37. The molecule has 1 atom stereocenters. The number of carbonyl (C=O) groups is 2. The predicted molar refractivity (Wildman–Crippen MR) is 103 cm³/mol. The molecule has 2 aromatic heterocycles. The highest BCUT2D eigenvalue weighted by Crippen LogP contribution is 2.26. The van der Waals surface area contributed by atoms with Crippen LogP contribution < -0.4 is 10.2 Å². The number of rotatable bonds is 4. The molecule has 7 nitrogen and oxygen atoms in total. The van der Waals surface area contributed by atoms with Gasteiger partial charge in [0.1, 0.15) is 11.1 Å². The maximum Gasteiger partial charge on any atom is 0.415 e. The van der Waals surface area contributed by atoms with Crippen LogP contribution in [0.5, 0.6) is 0 Å². The van der Waals surface area contributed by atoms with E-state index in [1.54, 1.807) is 23.1 Å². The molecule has 1 unspecified atom stereocenters. The lowest BCUT2D eigenvalue weighted by Crippen LogP contribution is -2.34. The van der Waals surface area contributed by atoms with Crippen LogP contribution in [0.15, 0.2) is 35.7 Å². The van der Waals surface area contributed by atoms with E-state index in [1.165, 1.54) is 11.3 Å². The lowest BCUT2D eigenvalue weighted by atomic mass is 10.1. The molecule has 1 fully saturated rings. The smallest absolute Gasteiger partial charge is 0.415 e. The highest BCUT2D eigenvalue weighted by Gasteiger charge is 2.33. The molecule has 1 saturated heterocycles. The summed E-state index contributed by atoms with van der Waals surface area (Å²) in [6.45, 7) is 4.47. The van der Waals surface area contributed by atoms with Crippen molar-refractivity contribution in [2.75, 3.05) is 18.0 Å². The van der Waals surface area contributed by atoms with E-state index in [0.29, 0.717) is 17.6 Å². The Kier molecular flexibility index (Phi) is 4.49. The summed E-state index contributed by atoms with van der Waals surface area (Å²) in [5, 5.41) is 5.58. The Morgan fingerprint density at radius 1 is 1.26 bits per heavy atom. The van der Waals surface area contributed by atoms with Gasteiger partial charge in [0.05, 0.1) is 35.5 Å². The van der Waals surface area contributed by atoms with Crippen molar-refractivity contribution in [3.05, 3.63) is 52.7 Å². The van der Waals surface area contributed by atoms with Crippen molar-refractivity contribution in [1.82, 2.24) is 15.3 Å². The Morgan fingerprint density at radius 2 is 2.04 bits per heavy atom. The zero-order valence-electron chi connectivity index (χ0n) is 14.9. The van der Waals surface area contributed by atoms with Crippen LogP contribution >= 0.6 is 11.3 Å². The minimum Gasteiger partial charge on any atom is -0.442 e. The molecule has 3 aromatic rings. The molecule has 1 aliphatic rings. The Balaban J connectivity index is 1.42. The molecular formula is C19H18N4O3S. The summed E-state index contributed by atoms with van der Waals surface area (Å²) in [5.41, 5.74) is 3.65. The molecule has 0 radical (unpaired) electrons. The summed E-state index contributed by atoms with van der Waals surface area (Å²) in [4.78, 5) is 35.0. The van der Waals surface area contributed by atoms with Crippen molar-refractivity contribution in [3.63, 3.8) is 0 Å². The Bertz CT molecular complexity index is 1020. The van der Waals surface area contributed by atoms with Crippen LogP contribution in [0.3, 0.4) is 0 Å². The Labute approximate surface area is 160 Å². The number of aromatic nitrogens is 2. The van der Waals surface area contributed by atoms with E-state index in [1.807, 2.05) is 31.4 Å². The van der Waals surface area contributed by atoms with Crippen molar-refractivity contribution in [3.8, 4) is 0 Å². The van der Waals surface area contributed by atoms with Gasteiger partial charge in [0, 0.05) is 5.56 Å². The molecule has 1 N–H and O–H groups in total. The molecule has 27 heavy (non-hydrogen) atoms. The normalized spacial score (nSPS) is 16.6. The number of cyclic esters (lactones) is 1. The molecular weight excluding hydrogens is 364 g/mol. The van der Waals surface area contributed by atoms with Crippen molar-refractivity contribution in [2.24, 2.45) is 0 Å². The van der Waals surface area contributed by atoms with E-state index < -0.39 is 0 Å². The topological polar surface area (TPSA) is 84.4 Å². The number of nitrogens with one attached hydrogen (secondary N) is 1. The largest absolute Gasteiger partial charge is 0.442 e. The van der Waals surface area contributed by atoms with E-state index in [0.717, 1.165) is 21.9 Å². The van der Waals surface area contributed by atoms with Gasteiger partial charge in [-0.2, -0.15) is 0 Å². The molecule has 1 aliphatic heterocycles. The molecule has 2 amide bonds. The van der Waals surface area contributed by atoms with Crippen LogP contribution in [-0.4, -0.2) is 41.2 Å². The molecule has 138 valence electrons. The number of aryl methyl sites for hydroxylation is 2. The number of anilines is 1. The Hall–Kier alpha value is -3.00. The third-order valence-electron chi connectivity index (χ3n) is 4.47. The fourth-order valence-corrected chi connectivity index (χ4v) is 3.64. The maximum atomic E-state index is 12.5. The first-order valence-electron chi connectivity index (χ1n) is 8.56. The van der Waals surface area contributed by atoms with Gasteiger partial charge >= 0.3 is 6.09 Å². The number of amides is 2. The van der Waals surface area contributed by atoms with E-state index in [4.69, 9.17) is 4.74 Å². The first-order chi connectivity index (χ1) is 13.0. The van der Waals surface area contributed by atoms with Gasteiger partial charge in [-0.3, -0.25) is 9.69 Å². The summed E-state index contributed by atoms with van der Waals surface area (Å²) in [6, 6.07) is 8.99. The summed E-state index contributed by atoms with van der Waals surface area (Å²) in [6.07, 6.45) is -0.766. The van der Waals surface area contributed by atoms with Crippen LogP contribution in [0.25, 0.3) is 11.0 Å². The summed E-state index contributed by atoms with van der Waals surface area (Å²) < 4.78 is 5.34. The molecule has 0 spiro atoms. The van der Waals surface area contributed by atoms with E-state index >= 15 is 0 Å². The van der Waals surface area contributed by atoms with Crippen molar-refractivity contribution >= 4 is 39.4 Å². The number of hydrogen-bond acceptors (Lipinski definition) is 6. The number of ether oxygens (including phenoxy) is 1. The molecule has 0 saturated carbocycles. The zero-order chi connectivity index (χ0) is 19.0. The fraction of sp³-hybridized carbons (Fsp3) is 0.263. The van der Waals surface area contributed by atoms with Crippen LogP contribution in [0, 0.1) is 13.8 Å². The standard InChI is InChI=1S/C19H18N4O3S/c1-11-12(2)22-16-8-13(5-6-15(16)21-11)18(24)20-9-14-10-23(19(25)26-14)17-4-3-7-27-17/h3-8,14H,9-10H2,1-2H3,(H,20,24). The maximum absolute atomic E-state index is 12.5.